The minimum Gasteiger partial charge on any atom is -0.364 e. The molecule has 6 nitrogen and oxygen atoms in total. The molecule has 0 amide bonds. The lowest BCUT2D eigenvalue weighted by atomic mass is 10.1. The van der Waals surface area contributed by atoms with E-state index in [2.05, 4.69) is 67.4 Å². The van der Waals surface area contributed by atoms with Crippen LogP contribution in [0.25, 0.3) is 11.2 Å². The molecule has 1 fully saturated rings. The minimum atomic E-state index is 0.375. The molecule has 0 saturated carbocycles. The monoisotopic (exact) mass is 308 g/mol. The first-order valence-electron chi connectivity index (χ1n) is 7.96. The van der Waals surface area contributed by atoms with E-state index in [1.165, 1.54) is 5.56 Å². The van der Waals surface area contributed by atoms with E-state index in [9.17, 15) is 0 Å². The van der Waals surface area contributed by atoms with Crippen molar-refractivity contribution in [1.82, 2.24) is 24.8 Å². The average Bonchev–Trinajstić information content (AvgIpc) is 3.16. The first kappa shape index (κ1) is 14.1. The number of H-pyrrole nitrogens is 1. The fraction of sp³-hybridized carbons (Fsp3) is 0.353. The van der Waals surface area contributed by atoms with E-state index in [4.69, 9.17) is 0 Å². The zero-order valence-corrected chi connectivity index (χ0v) is 13.1. The highest BCUT2D eigenvalue weighted by Gasteiger charge is 2.30. The summed E-state index contributed by atoms with van der Waals surface area (Å²) in [5, 5.41) is 3.57. The summed E-state index contributed by atoms with van der Waals surface area (Å²) in [6.07, 6.45) is 3.22. The molecule has 1 saturated heterocycles. The van der Waals surface area contributed by atoms with Gasteiger partial charge in [-0.2, -0.15) is 0 Å². The Morgan fingerprint density at radius 1 is 1.17 bits per heavy atom. The molecule has 1 aromatic carbocycles. The smallest absolute Gasteiger partial charge is 0.182 e. The Kier molecular flexibility index (Phi) is 3.67. The molecule has 1 aliphatic heterocycles. The number of hydrogen-bond donors (Lipinski definition) is 2. The third-order valence-electron chi connectivity index (χ3n) is 4.48. The molecule has 0 spiro atoms. The van der Waals surface area contributed by atoms with Crippen LogP contribution in [0.15, 0.2) is 43.0 Å². The fourth-order valence-corrected chi connectivity index (χ4v) is 3.28. The summed E-state index contributed by atoms with van der Waals surface area (Å²) >= 11 is 0. The van der Waals surface area contributed by atoms with Gasteiger partial charge in [0.2, 0.25) is 0 Å². The maximum atomic E-state index is 4.37. The van der Waals surface area contributed by atoms with E-state index in [0.717, 1.165) is 31.0 Å². The van der Waals surface area contributed by atoms with Gasteiger partial charge in [-0.25, -0.2) is 15.0 Å². The molecule has 3 aromatic rings. The number of aromatic nitrogens is 4. The Hall–Kier alpha value is -2.47. The Morgan fingerprint density at radius 2 is 2.04 bits per heavy atom. The summed E-state index contributed by atoms with van der Waals surface area (Å²) in [6.45, 7) is 5.38. The highest BCUT2D eigenvalue weighted by molar-refractivity contribution is 5.82. The van der Waals surface area contributed by atoms with Crippen LogP contribution in [0.5, 0.6) is 0 Å². The molecule has 0 bridgehead atoms. The molecular formula is C17H20N6. The standard InChI is InChI=1S/C17H20N6/c1-12-7-23(8-13-5-3-2-4-6-13)9-14(12)22-17-15-16(19-10-18-15)20-11-21-17/h2-6,10-12,14H,7-9H2,1H3,(H2,18,19,20,21,22). The second-order valence-electron chi connectivity index (χ2n) is 6.23. The molecule has 2 N–H and O–H groups in total. The maximum Gasteiger partial charge on any atom is 0.182 e. The van der Waals surface area contributed by atoms with Gasteiger partial charge in [-0.3, -0.25) is 4.90 Å². The summed E-state index contributed by atoms with van der Waals surface area (Å²) in [6, 6.07) is 11.0. The van der Waals surface area contributed by atoms with Crippen molar-refractivity contribution in [2.45, 2.75) is 19.5 Å². The van der Waals surface area contributed by atoms with Crippen LogP contribution in [0.3, 0.4) is 0 Å². The van der Waals surface area contributed by atoms with Gasteiger partial charge in [-0.1, -0.05) is 37.3 Å². The number of fused-ring (bicyclic) bond motifs is 1. The number of rotatable bonds is 4. The van der Waals surface area contributed by atoms with E-state index in [1.54, 1.807) is 12.7 Å². The van der Waals surface area contributed by atoms with Gasteiger partial charge in [-0.05, 0) is 11.5 Å². The molecule has 0 radical (unpaired) electrons. The highest BCUT2D eigenvalue weighted by Crippen LogP contribution is 2.24. The number of likely N-dealkylation sites (tertiary alicyclic amines) is 1. The summed E-state index contributed by atoms with van der Waals surface area (Å²) < 4.78 is 0. The minimum absolute atomic E-state index is 0.375. The normalized spacial score (nSPS) is 21.8. The van der Waals surface area contributed by atoms with Crippen LogP contribution in [0, 0.1) is 5.92 Å². The Morgan fingerprint density at radius 3 is 2.91 bits per heavy atom. The van der Waals surface area contributed by atoms with E-state index < -0.39 is 0 Å². The summed E-state index contributed by atoms with van der Waals surface area (Å²) in [5.74, 6) is 1.40. The van der Waals surface area contributed by atoms with Crippen LogP contribution in [0.2, 0.25) is 0 Å². The first-order chi connectivity index (χ1) is 11.3. The van der Waals surface area contributed by atoms with Crippen molar-refractivity contribution in [2.24, 2.45) is 5.92 Å². The Bertz CT molecular complexity index is 784. The van der Waals surface area contributed by atoms with E-state index >= 15 is 0 Å². The number of nitrogens with zero attached hydrogens (tertiary/aromatic N) is 4. The zero-order valence-electron chi connectivity index (χ0n) is 13.1. The van der Waals surface area contributed by atoms with Crippen LogP contribution in [0.1, 0.15) is 12.5 Å². The zero-order chi connectivity index (χ0) is 15.6. The van der Waals surface area contributed by atoms with Crippen molar-refractivity contribution in [3.05, 3.63) is 48.5 Å². The molecular weight excluding hydrogens is 288 g/mol. The van der Waals surface area contributed by atoms with Gasteiger partial charge in [0, 0.05) is 25.7 Å². The van der Waals surface area contributed by atoms with Gasteiger partial charge in [0.25, 0.3) is 0 Å². The van der Waals surface area contributed by atoms with Crippen molar-refractivity contribution in [3.8, 4) is 0 Å². The van der Waals surface area contributed by atoms with Crippen LogP contribution in [0.4, 0.5) is 5.82 Å². The van der Waals surface area contributed by atoms with Gasteiger partial charge < -0.3 is 10.3 Å². The molecule has 118 valence electrons. The average molecular weight is 308 g/mol. The molecule has 1 aliphatic rings. The summed E-state index contributed by atoms with van der Waals surface area (Å²) in [5.41, 5.74) is 2.94. The molecule has 2 aromatic heterocycles. The van der Waals surface area contributed by atoms with Gasteiger partial charge in [0.15, 0.2) is 11.5 Å². The van der Waals surface area contributed by atoms with E-state index in [-0.39, 0.29) is 0 Å². The highest BCUT2D eigenvalue weighted by atomic mass is 15.2. The van der Waals surface area contributed by atoms with Gasteiger partial charge in [0.05, 0.1) is 6.33 Å². The second-order valence-corrected chi connectivity index (χ2v) is 6.23. The van der Waals surface area contributed by atoms with E-state index in [0.29, 0.717) is 17.6 Å². The third-order valence-corrected chi connectivity index (χ3v) is 4.48. The summed E-state index contributed by atoms with van der Waals surface area (Å²) in [7, 11) is 0. The van der Waals surface area contributed by atoms with Crippen LogP contribution in [-0.4, -0.2) is 44.0 Å². The molecule has 0 aliphatic carbocycles. The quantitative estimate of drug-likeness (QED) is 0.774. The number of nitrogens with one attached hydrogen (secondary N) is 2. The second kappa shape index (κ2) is 5.96. The number of anilines is 1. The van der Waals surface area contributed by atoms with Crippen molar-refractivity contribution >= 4 is 17.0 Å². The van der Waals surface area contributed by atoms with Crippen molar-refractivity contribution < 1.29 is 0 Å². The maximum absolute atomic E-state index is 4.37. The van der Waals surface area contributed by atoms with Crippen LogP contribution in [-0.2, 0) is 6.54 Å². The van der Waals surface area contributed by atoms with Crippen molar-refractivity contribution in [1.29, 1.82) is 0 Å². The predicted octanol–water partition coefficient (Wildman–Crippen LogP) is 2.29. The molecule has 2 atom stereocenters. The van der Waals surface area contributed by atoms with Crippen molar-refractivity contribution in [3.63, 3.8) is 0 Å². The lowest BCUT2D eigenvalue weighted by Gasteiger charge is -2.18. The number of benzene rings is 1. The number of imidazole rings is 1. The molecule has 3 heterocycles. The summed E-state index contributed by atoms with van der Waals surface area (Å²) in [4.78, 5) is 18.3. The van der Waals surface area contributed by atoms with E-state index in [1.807, 2.05) is 0 Å². The SMILES string of the molecule is CC1CN(Cc2ccccc2)CC1Nc1ncnc2nc[nH]c12. The van der Waals surface area contributed by atoms with Gasteiger partial charge in [0.1, 0.15) is 11.8 Å². The molecule has 4 rings (SSSR count). The predicted molar refractivity (Wildman–Crippen MR) is 90.0 cm³/mol. The van der Waals surface area contributed by atoms with Crippen LogP contribution < -0.4 is 5.32 Å². The van der Waals surface area contributed by atoms with Gasteiger partial charge in [-0.15, -0.1) is 0 Å². The lowest BCUT2D eigenvalue weighted by molar-refractivity contribution is 0.319. The molecule has 2 unspecified atom stereocenters. The lowest BCUT2D eigenvalue weighted by Crippen LogP contribution is -2.28. The number of hydrogen-bond acceptors (Lipinski definition) is 5. The Balaban J connectivity index is 1.47. The van der Waals surface area contributed by atoms with Crippen molar-refractivity contribution in [2.75, 3.05) is 18.4 Å². The van der Waals surface area contributed by atoms with Crippen LogP contribution >= 0.6 is 0 Å². The number of aromatic amines is 1. The first-order valence-corrected chi connectivity index (χ1v) is 7.96. The largest absolute Gasteiger partial charge is 0.364 e. The fourth-order valence-electron chi connectivity index (χ4n) is 3.28. The van der Waals surface area contributed by atoms with Gasteiger partial charge >= 0.3 is 0 Å². The topological polar surface area (TPSA) is 69.7 Å². The molecule has 6 heteroatoms. The third kappa shape index (κ3) is 2.90. The Labute approximate surface area is 135 Å². The molecule has 23 heavy (non-hydrogen) atoms.